The van der Waals surface area contributed by atoms with Crippen molar-refractivity contribution in [2.75, 3.05) is 12.8 Å². The van der Waals surface area contributed by atoms with Crippen molar-refractivity contribution in [2.45, 2.75) is 25.8 Å². The predicted molar refractivity (Wildman–Crippen MR) is 67.1 cm³/mol. The summed E-state index contributed by atoms with van der Waals surface area (Å²) < 4.78 is 5.16. The van der Waals surface area contributed by atoms with Crippen LogP contribution in [0, 0.1) is 5.92 Å². The van der Waals surface area contributed by atoms with Gasteiger partial charge in [-0.25, -0.2) is 0 Å². The van der Waals surface area contributed by atoms with E-state index in [4.69, 9.17) is 10.5 Å². The van der Waals surface area contributed by atoms with Gasteiger partial charge in [0.1, 0.15) is 5.75 Å². The van der Waals surface area contributed by atoms with Gasteiger partial charge in [0, 0.05) is 17.8 Å². The fourth-order valence-electron chi connectivity index (χ4n) is 2.18. The third-order valence-corrected chi connectivity index (χ3v) is 3.18. The number of anilines is 1. The number of nitrogens with two attached hydrogens (primary N) is 1. The van der Waals surface area contributed by atoms with E-state index < -0.39 is 0 Å². The monoisotopic (exact) mass is 234 g/mol. The Balaban J connectivity index is 2.08. The van der Waals surface area contributed by atoms with E-state index in [1.54, 1.807) is 18.2 Å². The molecule has 4 heteroatoms. The molecule has 1 aliphatic rings. The second kappa shape index (κ2) is 4.65. The Kier molecular flexibility index (Phi) is 3.22. The highest BCUT2D eigenvalue weighted by atomic mass is 16.5. The molecule has 0 spiro atoms. The average Bonchev–Trinajstić information content (AvgIpc) is 2.26. The van der Waals surface area contributed by atoms with E-state index in [0.717, 1.165) is 12.8 Å². The second-order valence-corrected chi connectivity index (χ2v) is 4.71. The van der Waals surface area contributed by atoms with Gasteiger partial charge < -0.3 is 15.8 Å². The fourth-order valence-corrected chi connectivity index (χ4v) is 2.18. The maximum atomic E-state index is 12.0. The van der Waals surface area contributed by atoms with Gasteiger partial charge in [-0.15, -0.1) is 0 Å². The zero-order chi connectivity index (χ0) is 12.4. The molecular weight excluding hydrogens is 216 g/mol. The molecule has 3 N–H and O–H groups in total. The summed E-state index contributed by atoms with van der Waals surface area (Å²) >= 11 is 0. The summed E-state index contributed by atoms with van der Waals surface area (Å²) in [7, 11) is 1.54. The molecule has 0 unspecified atom stereocenters. The molecule has 2 rings (SSSR count). The minimum absolute atomic E-state index is 0.0845. The Hall–Kier alpha value is -1.71. The Morgan fingerprint density at radius 2 is 2.18 bits per heavy atom. The number of benzene rings is 1. The molecule has 1 aliphatic carbocycles. The van der Waals surface area contributed by atoms with Gasteiger partial charge in [0.2, 0.25) is 0 Å². The van der Waals surface area contributed by atoms with Crippen LogP contribution >= 0.6 is 0 Å². The quantitative estimate of drug-likeness (QED) is 0.784. The number of nitrogen functional groups attached to an aromatic ring is 1. The lowest BCUT2D eigenvalue weighted by Crippen LogP contribution is -2.43. The van der Waals surface area contributed by atoms with E-state index in [0.29, 0.717) is 29.0 Å². The molecule has 92 valence electrons. The summed E-state index contributed by atoms with van der Waals surface area (Å²) in [5.74, 6) is 1.15. The summed E-state index contributed by atoms with van der Waals surface area (Å²) in [5, 5.41) is 3.00. The van der Waals surface area contributed by atoms with Crippen LogP contribution in [0.4, 0.5) is 5.69 Å². The van der Waals surface area contributed by atoms with Gasteiger partial charge >= 0.3 is 0 Å². The first-order valence-corrected chi connectivity index (χ1v) is 5.84. The zero-order valence-corrected chi connectivity index (χ0v) is 10.2. The summed E-state index contributed by atoms with van der Waals surface area (Å²) in [4.78, 5) is 12.0. The van der Waals surface area contributed by atoms with Crippen LogP contribution < -0.4 is 15.8 Å². The van der Waals surface area contributed by atoms with Gasteiger partial charge in [-0.3, -0.25) is 4.79 Å². The number of nitrogens with one attached hydrogen (secondary N) is 1. The van der Waals surface area contributed by atoms with Crippen molar-refractivity contribution in [1.82, 2.24) is 5.32 Å². The average molecular weight is 234 g/mol. The smallest absolute Gasteiger partial charge is 0.255 e. The molecule has 0 heterocycles. The van der Waals surface area contributed by atoms with Gasteiger partial charge in [-0.1, -0.05) is 6.92 Å². The molecule has 17 heavy (non-hydrogen) atoms. The highest BCUT2D eigenvalue weighted by Gasteiger charge is 2.27. The largest absolute Gasteiger partial charge is 0.496 e. The van der Waals surface area contributed by atoms with Crippen LogP contribution in [-0.4, -0.2) is 19.1 Å². The lowest BCUT2D eigenvalue weighted by atomic mass is 9.82. The Labute approximate surface area is 101 Å². The van der Waals surface area contributed by atoms with Crippen LogP contribution in [0.2, 0.25) is 0 Å². The van der Waals surface area contributed by atoms with Gasteiger partial charge in [0.25, 0.3) is 5.91 Å². The van der Waals surface area contributed by atoms with Crippen molar-refractivity contribution in [2.24, 2.45) is 5.92 Å². The first kappa shape index (κ1) is 11.8. The van der Waals surface area contributed by atoms with Gasteiger partial charge in [-0.05, 0) is 30.9 Å². The second-order valence-electron chi connectivity index (χ2n) is 4.71. The van der Waals surface area contributed by atoms with E-state index >= 15 is 0 Å². The minimum atomic E-state index is -0.0845. The van der Waals surface area contributed by atoms with Crippen molar-refractivity contribution in [1.29, 1.82) is 0 Å². The molecule has 1 aromatic rings. The normalized spacial score (nSPS) is 22.7. The van der Waals surface area contributed by atoms with Crippen molar-refractivity contribution >= 4 is 11.6 Å². The van der Waals surface area contributed by atoms with E-state index in [9.17, 15) is 4.79 Å². The summed E-state index contributed by atoms with van der Waals surface area (Å²) in [6, 6.07) is 5.38. The van der Waals surface area contributed by atoms with E-state index in [1.807, 2.05) is 0 Å². The number of carbonyl (C=O) groups excluding carboxylic acids is 1. The molecule has 0 saturated heterocycles. The van der Waals surface area contributed by atoms with E-state index in [-0.39, 0.29) is 5.91 Å². The number of carbonyl (C=O) groups is 1. The third-order valence-electron chi connectivity index (χ3n) is 3.18. The van der Waals surface area contributed by atoms with Crippen LogP contribution in [0.5, 0.6) is 5.75 Å². The van der Waals surface area contributed by atoms with Crippen molar-refractivity contribution in [3.63, 3.8) is 0 Å². The topological polar surface area (TPSA) is 64.3 Å². The van der Waals surface area contributed by atoms with Crippen LogP contribution in [0.1, 0.15) is 30.1 Å². The van der Waals surface area contributed by atoms with Crippen molar-refractivity contribution < 1.29 is 9.53 Å². The highest BCUT2D eigenvalue weighted by molar-refractivity contribution is 5.97. The van der Waals surface area contributed by atoms with Gasteiger partial charge in [0.15, 0.2) is 0 Å². The number of hydrogen-bond donors (Lipinski definition) is 2. The third kappa shape index (κ3) is 2.52. The SMILES string of the molecule is COc1cc(N)ccc1C(=O)NC1CC(C)C1. The number of methoxy groups -OCH3 is 1. The molecule has 1 aromatic carbocycles. The van der Waals surface area contributed by atoms with E-state index in [2.05, 4.69) is 12.2 Å². The molecule has 0 bridgehead atoms. The predicted octanol–water partition coefficient (Wildman–Crippen LogP) is 1.81. The molecule has 1 amide bonds. The summed E-state index contributed by atoms with van der Waals surface area (Å²) in [6.45, 7) is 2.19. The molecule has 0 aromatic heterocycles. The van der Waals surface area contributed by atoms with Gasteiger partial charge in [-0.2, -0.15) is 0 Å². The van der Waals surface area contributed by atoms with Crippen LogP contribution in [-0.2, 0) is 0 Å². The highest BCUT2D eigenvalue weighted by Crippen LogP contribution is 2.27. The number of ether oxygens (including phenoxy) is 1. The first-order valence-electron chi connectivity index (χ1n) is 5.84. The molecule has 0 radical (unpaired) electrons. The first-order chi connectivity index (χ1) is 8.10. The van der Waals surface area contributed by atoms with Crippen LogP contribution in [0.15, 0.2) is 18.2 Å². The van der Waals surface area contributed by atoms with E-state index in [1.165, 1.54) is 7.11 Å². The Morgan fingerprint density at radius 3 is 2.76 bits per heavy atom. The maximum Gasteiger partial charge on any atom is 0.255 e. The van der Waals surface area contributed by atoms with Crippen molar-refractivity contribution in [3.8, 4) is 5.75 Å². The molecule has 0 atom stereocenters. The standard InChI is InChI=1S/C13H18N2O2/c1-8-5-10(6-8)15-13(16)11-4-3-9(14)7-12(11)17-2/h3-4,7-8,10H,5-6,14H2,1-2H3,(H,15,16). The zero-order valence-electron chi connectivity index (χ0n) is 10.2. The summed E-state index contributed by atoms with van der Waals surface area (Å²) in [6.07, 6.45) is 2.12. The minimum Gasteiger partial charge on any atom is -0.496 e. The molecular formula is C13H18N2O2. The molecule has 0 aliphatic heterocycles. The Bertz CT molecular complexity index is 425. The molecule has 4 nitrogen and oxygen atoms in total. The van der Waals surface area contributed by atoms with Crippen molar-refractivity contribution in [3.05, 3.63) is 23.8 Å². The van der Waals surface area contributed by atoms with Crippen LogP contribution in [0.25, 0.3) is 0 Å². The molecule has 1 saturated carbocycles. The lowest BCUT2D eigenvalue weighted by molar-refractivity contribution is 0.0893. The fraction of sp³-hybridized carbons (Fsp3) is 0.462. The number of rotatable bonds is 3. The van der Waals surface area contributed by atoms with Gasteiger partial charge in [0.05, 0.1) is 12.7 Å². The lowest BCUT2D eigenvalue weighted by Gasteiger charge is -2.33. The van der Waals surface area contributed by atoms with Crippen LogP contribution in [0.3, 0.4) is 0 Å². The number of hydrogen-bond acceptors (Lipinski definition) is 3. The molecule has 1 fully saturated rings. The summed E-state index contributed by atoms with van der Waals surface area (Å²) in [5.41, 5.74) is 6.78. The maximum absolute atomic E-state index is 12.0. The Morgan fingerprint density at radius 1 is 1.47 bits per heavy atom. The number of amides is 1.